The number of rotatable bonds is 5. The fourth-order valence-corrected chi connectivity index (χ4v) is 3.21. The second kappa shape index (κ2) is 5.22. The lowest BCUT2D eigenvalue weighted by atomic mass is 9.75. The Bertz CT molecular complexity index is 390. The zero-order valence-electron chi connectivity index (χ0n) is 11.0. The molecule has 1 unspecified atom stereocenters. The zero-order valence-corrected chi connectivity index (χ0v) is 11.8. The van der Waals surface area contributed by atoms with Gasteiger partial charge in [0, 0.05) is 17.1 Å². The van der Waals surface area contributed by atoms with Crippen molar-refractivity contribution in [2.24, 2.45) is 5.92 Å². The van der Waals surface area contributed by atoms with Crippen LogP contribution in [0.4, 0.5) is 0 Å². The molecule has 2 heteroatoms. The molecule has 2 aliphatic rings. The molecule has 0 heterocycles. The van der Waals surface area contributed by atoms with Crippen molar-refractivity contribution >= 4 is 11.6 Å². The normalized spacial score (nSPS) is 28.8. The summed E-state index contributed by atoms with van der Waals surface area (Å²) >= 11 is 5.92. The molecule has 0 amide bonds. The van der Waals surface area contributed by atoms with Gasteiger partial charge in [0.15, 0.2) is 0 Å². The molecule has 0 radical (unpaired) electrons. The second-order valence-electron chi connectivity index (χ2n) is 6.16. The largest absolute Gasteiger partial charge is 0.311 e. The van der Waals surface area contributed by atoms with Crippen LogP contribution in [0.15, 0.2) is 24.3 Å². The molecule has 98 valence electrons. The van der Waals surface area contributed by atoms with E-state index < -0.39 is 0 Å². The summed E-state index contributed by atoms with van der Waals surface area (Å²) in [5.74, 6) is 1.77. The van der Waals surface area contributed by atoms with Crippen LogP contribution in [0.3, 0.4) is 0 Å². The van der Waals surface area contributed by atoms with Crippen molar-refractivity contribution in [2.75, 3.05) is 0 Å². The van der Waals surface area contributed by atoms with Crippen molar-refractivity contribution in [1.82, 2.24) is 5.32 Å². The van der Waals surface area contributed by atoms with E-state index in [1.165, 1.54) is 37.7 Å². The number of benzene rings is 1. The molecular weight excluding hydrogens is 242 g/mol. The van der Waals surface area contributed by atoms with Crippen molar-refractivity contribution in [3.8, 4) is 0 Å². The molecule has 2 aliphatic carbocycles. The Morgan fingerprint density at radius 1 is 1.22 bits per heavy atom. The van der Waals surface area contributed by atoms with E-state index in [-0.39, 0.29) is 0 Å². The molecule has 18 heavy (non-hydrogen) atoms. The van der Waals surface area contributed by atoms with Crippen molar-refractivity contribution in [3.05, 3.63) is 34.9 Å². The number of hydrogen-bond donors (Lipinski definition) is 1. The van der Waals surface area contributed by atoms with Crippen LogP contribution in [0.25, 0.3) is 0 Å². The van der Waals surface area contributed by atoms with Crippen LogP contribution in [0.2, 0.25) is 5.02 Å². The van der Waals surface area contributed by atoms with E-state index >= 15 is 0 Å². The van der Waals surface area contributed by atoms with E-state index in [4.69, 9.17) is 11.6 Å². The predicted molar refractivity (Wildman–Crippen MR) is 77.2 cm³/mol. The van der Waals surface area contributed by atoms with Crippen molar-refractivity contribution < 1.29 is 0 Å². The maximum absolute atomic E-state index is 5.92. The van der Waals surface area contributed by atoms with Gasteiger partial charge in [0.2, 0.25) is 0 Å². The van der Waals surface area contributed by atoms with Gasteiger partial charge in [-0.05, 0) is 55.7 Å². The van der Waals surface area contributed by atoms with E-state index in [0.717, 1.165) is 22.9 Å². The molecule has 0 aromatic heterocycles. The standard InChI is InChI=1S/C16H22ClN/c1-11(8-12-2-3-12)18-16-9-14(10-16)13-4-6-15(17)7-5-13/h4-7,11-12,14,16,18H,2-3,8-10H2,1H3. The lowest BCUT2D eigenvalue weighted by Gasteiger charge is -2.38. The maximum Gasteiger partial charge on any atom is 0.0406 e. The van der Waals surface area contributed by atoms with Gasteiger partial charge in [0.1, 0.15) is 0 Å². The van der Waals surface area contributed by atoms with Crippen LogP contribution < -0.4 is 5.32 Å². The van der Waals surface area contributed by atoms with Crippen LogP contribution in [0.1, 0.15) is 50.5 Å². The summed E-state index contributed by atoms with van der Waals surface area (Å²) < 4.78 is 0. The topological polar surface area (TPSA) is 12.0 Å². The van der Waals surface area contributed by atoms with Crippen LogP contribution in [-0.4, -0.2) is 12.1 Å². The number of nitrogens with one attached hydrogen (secondary N) is 1. The molecule has 0 aliphatic heterocycles. The second-order valence-corrected chi connectivity index (χ2v) is 6.60. The van der Waals surface area contributed by atoms with Crippen molar-refractivity contribution in [1.29, 1.82) is 0 Å². The molecule has 2 saturated carbocycles. The monoisotopic (exact) mass is 263 g/mol. The Balaban J connectivity index is 1.43. The number of halogens is 1. The van der Waals surface area contributed by atoms with Crippen LogP contribution in [0, 0.1) is 5.92 Å². The first kappa shape index (κ1) is 12.5. The van der Waals surface area contributed by atoms with E-state index in [1.54, 1.807) is 0 Å². The average molecular weight is 264 g/mol. The smallest absolute Gasteiger partial charge is 0.0406 e. The highest BCUT2D eigenvalue weighted by Crippen LogP contribution is 2.38. The van der Waals surface area contributed by atoms with Gasteiger partial charge >= 0.3 is 0 Å². The first-order chi connectivity index (χ1) is 8.70. The van der Waals surface area contributed by atoms with Gasteiger partial charge in [0.25, 0.3) is 0 Å². The van der Waals surface area contributed by atoms with Gasteiger partial charge in [-0.2, -0.15) is 0 Å². The molecular formula is C16H22ClN. The summed E-state index contributed by atoms with van der Waals surface area (Å²) in [5.41, 5.74) is 1.45. The lowest BCUT2D eigenvalue weighted by Crippen LogP contribution is -2.44. The third-order valence-corrected chi connectivity index (χ3v) is 4.64. The third kappa shape index (κ3) is 3.07. The molecule has 1 nitrogen and oxygen atoms in total. The molecule has 1 atom stereocenters. The summed E-state index contributed by atoms with van der Waals surface area (Å²) in [6.07, 6.45) is 6.88. The van der Waals surface area contributed by atoms with Crippen LogP contribution in [0.5, 0.6) is 0 Å². The highest BCUT2D eigenvalue weighted by Gasteiger charge is 2.32. The highest BCUT2D eigenvalue weighted by molar-refractivity contribution is 6.30. The molecule has 2 fully saturated rings. The molecule has 1 N–H and O–H groups in total. The summed E-state index contributed by atoms with van der Waals surface area (Å²) in [7, 11) is 0. The number of hydrogen-bond acceptors (Lipinski definition) is 1. The fraction of sp³-hybridized carbons (Fsp3) is 0.625. The maximum atomic E-state index is 5.92. The SMILES string of the molecule is CC(CC1CC1)NC1CC(c2ccc(Cl)cc2)C1. The van der Waals surface area contributed by atoms with Gasteiger partial charge in [0.05, 0.1) is 0 Å². The van der Waals surface area contributed by atoms with Gasteiger partial charge in [-0.25, -0.2) is 0 Å². The van der Waals surface area contributed by atoms with Crippen LogP contribution >= 0.6 is 11.6 Å². The van der Waals surface area contributed by atoms with E-state index in [9.17, 15) is 0 Å². The van der Waals surface area contributed by atoms with Crippen LogP contribution in [-0.2, 0) is 0 Å². The van der Waals surface area contributed by atoms with Gasteiger partial charge in [-0.3, -0.25) is 0 Å². The lowest BCUT2D eigenvalue weighted by molar-refractivity contribution is 0.262. The minimum atomic E-state index is 0.702. The third-order valence-electron chi connectivity index (χ3n) is 4.38. The molecule has 1 aromatic rings. The predicted octanol–water partition coefficient (Wildman–Crippen LogP) is 4.36. The Kier molecular flexibility index (Phi) is 3.63. The highest BCUT2D eigenvalue weighted by atomic mass is 35.5. The van der Waals surface area contributed by atoms with E-state index in [2.05, 4.69) is 24.4 Å². The van der Waals surface area contributed by atoms with Crippen molar-refractivity contribution in [2.45, 2.75) is 57.0 Å². The van der Waals surface area contributed by atoms with Crippen molar-refractivity contribution in [3.63, 3.8) is 0 Å². The zero-order chi connectivity index (χ0) is 12.5. The minimum absolute atomic E-state index is 0.702. The summed E-state index contributed by atoms with van der Waals surface area (Å²) in [4.78, 5) is 0. The molecule has 0 spiro atoms. The Labute approximate surface area is 115 Å². The summed E-state index contributed by atoms with van der Waals surface area (Å²) in [5, 5.41) is 4.61. The summed E-state index contributed by atoms with van der Waals surface area (Å²) in [6, 6.07) is 9.81. The molecule has 0 saturated heterocycles. The Morgan fingerprint density at radius 3 is 2.50 bits per heavy atom. The Morgan fingerprint density at radius 2 is 1.89 bits per heavy atom. The first-order valence-corrected chi connectivity index (χ1v) is 7.60. The molecule has 1 aromatic carbocycles. The minimum Gasteiger partial charge on any atom is -0.311 e. The first-order valence-electron chi connectivity index (χ1n) is 7.22. The van der Waals surface area contributed by atoms with Gasteiger partial charge in [-0.1, -0.05) is 36.6 Å². The Hall–Kier alpha value is -0.530. The molecule has 0 bridgehead atoms. The van der Waals surface area contributed by atoms with Gasteiger partial charge in [-0.15, -0.1) is 0 Å². The van der Waals surface area contributed by atoms with E-state index in [0.29, 0.717) is 6.04 Å². The molecule has 3 rings (SSSR count). The van der Waals surface area contributed by atoms with E-state index in [1.807, 2.05) is 12.1 Å². The average Bonchev–Trinajstić information content (AvgIpc) is 3.08. The quantitative estimate of drug-likeness (QED) is 0.832. The summed E-state index contributed by atoms with van der Waals surface area (Å²) in [6.45, 7) is 2.34. The van der Waals surface area contributed by atoms with Gasteiger partial charge < -0.3 is 5.32 Å². The fourth-order valence-electron chi connectivity index (χ4n) is 3.09.